The summed E-state index contributed by atoms with van der Waals surface area (Å²) in [7, 11) is 1.61. The third kappa shape index (κ3) is 3.51. The molecule has 0 aliphatic carbocycles. The maximum absolute atomic E-state index is 10.3. The molecule has 24 heavy (non-hydrogen) atoms. The second kappa shape index (κ2) is 6.93. The number of hydrogen-bond donors (Lipinski definition) is 1. The zero-order valence-corrected chi connectivity index (χ0v) is 14.2. The molecule has 1 heterocycles. The van der Waals surface area contributed by atoms with Gasteiger partial charge >= 0.3 is 0 Å². The van der Waals surface area contributed by atoms with Gasteiger partial charge in [0.05, 0.1) is 31.0 Å². The molecule has 1 N–H and O–H groups in total. The van der Waals surface area contributed by atoms with Crippen LogP contribution in [0.15, 0.2) is 42.7 Å². The quantitative estimate of drug-likeness (QED) is 0.756. The smallest absolute Gasteiger partial charge is 0.123 e. The maximum Gasteiger partial charge on any atom is 0.123 e. The summed E-state index contributed by atoms with van der Waals surface area (Å²) in [6, 6.07) is 11.5. The molecule has 0 bridgehead atoms. The zero-order valence-electron chi connectivity index (χ0n) is 14.2. The Morgan fingerprint density at radius 3 is 2.67 bits per heavy atom. The summed E-state index contributed by atoms with van der Waals surface area (Å²) in [5.74, 6) is 1.41. The summed E-state index contributed by atoms with van der Waals surface area (Å²) in [5, 5.41) is 10.3. The Morgan fingerprint density at radius 1 is 1.12 bits per heavy atom. The van der Waals surface area contributed by atoms with Gasteiger partial charge in [-0.25, -0.2) is 4.98 Å². The van der Waals surface area contributed by atoms with Crippen molar-refractivity contribution in [3.8, 4) is 11.5 Å². The van der Waals surface area contributed by atoms with E-state index in [1.54, 1.807) is 19.5 Å². The Kier molecular flexibility index (Phi) is 4.71. The highest BCUT2D eigenvalue weighted by Gasteiger charge is 2.11. The van der Waals surface area contributed by atoms with E-state index in [-0.39, 0.29) is 6.61 Å². The highest BCUT2D eigenvalue weighted by Crippen LogP contribution is 2.20. The van der Waals surface area contributed by atoms with Crippen molar-refractivity contribution in [2.24, 2.45) is 0 Å². The summed E-state index contributed by atoms with van der Waals surface area (Å²) in [4.78, 5) is 4.41. The molecule has 5 heteroatoms. The van der Waals surface area contributed by atoms with Gasteiger partial charge in [-0.15, -0.1) is 0 Å². The van der Waals surface area contributed by atoms with Crippen LogP contribution in [0, 0.1) is 13.8 Å². The Balaban J connectivity index is 1.66. The molecule has 1 atom stereocenters. The van der Waals surface area contributed by atoms with Gasteiger partial charge in [-0.3, -0.25) is 0 Å². The number of imidazole rings is 1. The fraction of sp³-hybridized carbons (Fsp3) is 0.316. The fourth-order valence-corrected chi connectivity index (χ4v) is 2.62. The lowest BCUT2D eigenvalue weighted by Crippen LogP contribution is -2.23. The molecule has 0 aliphatic rings. The Labute approximate surface area is 141 Å². The minimum Gasteiger partial charge on any atom is -0.497 e. The average Bonchev–Trinajstić information content (AvgIpc) is 2.95. The maximum atomic E-state index is 10.3. The SMILES string of the molecule is COc1cccc(OCC(O)Cn2cnc3cc(C)c(C)cc32)c1. The second-order valence-electron chi connectivity index (χ2n) is 5.97. The van der Waals surface area contributed by atoms with Crippen molar-refractivity contribution in [2.75, 3.05) is 13.7 Å². The first-order valence-corrected chi connectivity index (χ1v) is 7.94. The first kappa shape index (κ1) is 16.3. The lowest BCUT2D eigenvalue weighted by atomic mass is 10.1. The summed E-state index contributed by atoms with van der Waals surface area (Å²) < 4.78 is 12.8. The van der Waals surface area contributed by atoms with Crippen LogP contribution in [-0.4, -0.2) is 34.5 Å². The molecule has 2 aromatic carbocycles. The summed E-state index contributed by atoms with van der Waals surface area (Å²) in [6.07, 6.45) is 1.13. The molecular weight excluding hydrogens is 304 g/mol. The lowest BCUT2D eigenvalue weighted by Gasteiger charge is -2.14. The van der Waals surface area contributed by atoms with Gasteiger partial charge in [0.1, 0.15) is 24.2 Å². The Hall–Kier alpha value is -2.53. The standard InChI is InChI=1S/C19H22N2O3/c1-13-7-18-19(8-14(13)2)21(12-20-18)10-15(22)11-24-17-6-4-5-16(9-17)23-3/h4-9,12,15,22H,10-11H2,1-3H3. The van der Waals surface area contributed by atoms with E-state index in [1.807, 2.05) is 22.8 Å². The van der Waals surface area contributed by atoms with Crippen LogP contribution in [0.1, 0.15) is 11.1 Å². The lowest BCUT2D eigenvalue weighted by molar-refractivity contribution is 0.0933. The molecule has 0 aliphatic heterocycles. The highest BCUT2D eigenvalue weighted by atomic mass is 16.5. The largest absolute Gasteiger partial charge is 0.497 e. The van der Waals surface area contributed by atoms with Gasteiger partial charge < -0.3 is 19.1 Å². The van der Waals surface area contributed by atoms with Gasteiger partial charge in [0.2, 0.25) is 0 Å². The summed E-state index contributed by atoms with van der Waals surface area (Å²) in [6.45, 7) is 4.79. The predicted molar refractivity (Wildman–Crippen MR) is 93.7 cm³/mol. The van der Waals surface area contributed by atoms with E-state index in [4.69, 9.17) is 9.47 Å². The van der Waals surface area contributed by atoms with Crippen molar-refractivity contribution >= 4 is 11.0 Å². The third-order valence-electron chi connectivity index (χ3n) is 4.13. The van der Waals surface area contributed by atoms with Crippen LogP contribution in [0.2, 0.25) is 0 Å². The van der Waals surface area contributed by atoms with Gasteiger partial charge in [0.15, 0.2) is 0 Å². The normalized spacial score (nSPS) is 12.3. The van der Waals surface area contributed by atoms with Crippen molar-refractivity contribution in [3.63, 3.8) is 0 Å². The first-order chi connectivity index (χ1) is 11.6. The minimum atomic E-state index is -0.629. The first-order valence-electron chi connectivity index (χ1n) is 7.94. The zero-order chi connectivity index (χ0) is 17.1. The molecule has 1 unspecified atom stereocenters. The van der Waals surface area contributed by atoms with Crippen LogP contribution in [0.3, 0.4) is 0 Å². The number of aliphatic hydroxyl groups excluding tert-OH is 1. The molecule has 0 saturated heterocycles. The Bertz CT molecular complexity index is 842. The van der Waals surface area contributed by atoms with Crippen LogP contribution in [-0.2, 0) is 6.54 Å². The predicted octanol–water partition coefficient (Wildman–Crippen LogP) is 3.10. The highest BCUT2D eigenvalue weighted by molar-refractivity contribution is 5.77. The number of aromatic nitrogens is 2. The number of aliphatic hydroxyl groups is 1. The van der Waals surface area contributed by atoms with Crippen molar-refractivity contribution < 1.29 is 14.6 Å². The molecule has 0 spiro atoms. The summed E-state index contributed by atoms with van der Waals surface area (Å²) >= 11 is 0. The molecule has 126 valence electrons. The third-order valence-corrected chi connectivity index (χ3v) is 4.13. The second-order valence-corrected chi connectivity index (χ2v) is 5.97. The van der Waals surface area contributed by atoms with E-state index >= 15 is 0 Å². The van der Waals surface area contributed by atoms with Crippen LogP contribution in [0.25, 0.3) is 11.0 Å². The monoisotopic (exact) mass is 326 g/mol. The number of rotatable bonds is 6. The average molecular weight is 326 g/mol. The van der Waals surface area contributed by atoms with Crippen molar-refractivity contribution in [3.05, 3.63) is 53.9 Å². The van der Waals surface area contributed by atoms with Crippen LogP contribution >= 0.6 is 0 Å². The summed E-state index contributed by atoms with van der Waals surface area (Å²) in [5.41, 5.74) is 4.40. The van der Waals surface area contributed by atoms with Crippen molar-refractivity contribution in [1.82, 2.24) is 9.55 Å². The van der Waals surface area contributed by atoms with Crippen LogP contribution in [0.4, 0.5) is 0 Å². The van der Waals surface area contributed by atoms with Crippen LogP contribution < -0.4 is 9.47 Å². The number of nitrogens with zero attached hydrogens (tertiary/aromatic N) is 2. The molecule has 3 rings (SSSR count). The van der Waals surface area contributed by atoms with Gasteiger partial charge in [-0.1, -0.05) is 6.07 Å². The fourth-order valence-electron chi connectivity index (χ4n) is 2.62. The number of methoxy groups -OCH3 is 1. The topological polar surface area (TPSA) is 56.5 Å². The number of ether oxygens (including phenoxy) is 2. The van der Waals surface area contributed by atoms with Crippen molar-refractivity contribution in [1.29, 1.82) is 0 Å². The van der Waals surface area contributed by atoms with E-state index in [1.165, 1.54) is 11.1 Å². The molecule has 3 aromatic rings. The Morgan fingerprint density at radius 2 is 1.88 bits per heavy atom. The van der Waals surface area contributed by atoms with Crippen molar-refractivity contribution in [2.45, 2.75) is 26.5 Å². The number of fused-ring (bicyclic) bond motifs is 1. The van der Waals surface area contributed by atoms with E-state index in [9.17, 15) is 5.11 Å². The number of benzene rings is 2. The van der Waals surface area contributed by atoms with E-state index < -0.39 is 6.10 Å². The van der Waals surface area contributed by atoms with E-state index in [0.717, 1.165) is 16.8 Å². The molecule has 0 amide bonds. The van der Waals surface area contributed by atoms with Gasteiger partial charge in [-0.05, 0) is 49.2 Å². The molecule has 1 aromatic heterocycles. The van der Waals surface area contributed by atoms with E-state index in [2.05, 4.69) is 31.0 Å². The molecule has 0 saturated carbocycles. The van der Waals surface area contributed by atoms with Gasteiger partial charge in [0, 0.05) is 6.07 Å². The molecule has 5 nitrogen and oxygen atoms in total. The van der Waals surface area contributed by atoms with Gasteiger partial charge in [0.25, 0.3) is 0 Å². The van der Waals surface area contributed by atoms with E-state index in [0.29, 0.717) is 12.3 Å². The number of hydrogen-bond acceptors (Lipinski definition) is 4. The molecular formula is C19H22N2O3. The molecule has 0 fully saturated rings. The molecule has 0 radical (unpaired) electrons. The van der Waals surface area contributed by atoms with Gasteiger partial charge in [-0.2, -0.15) is 0 Å². The minimum absolute atomic E-state index is 0.206. The number of aryl methyl sites for hydroxylation is 2. The van der Waals surface area contributed by atoms with Crippen LogP contribution in [0.5, 0.6) is 11.5 Å².